The number of nitrogens with two attached hydrogens (primary N) is 1. The number of hydrogen-bond donors (Lipinski definition) is 1. The number of allylic oxidation sites excluding steroid dienone is 1. The van der Waals surface area contributed by atoms with Crippen LogP contribution in [-0.2, 0) is 9.05 Å². The van der Waals surface area contributed by atoms with Crippen molar-refractivity contribution in [3.8, 4) is 0 Å². The van der Waals surface area contributed by atoms with E-state index in [2.05, 4.69) is 24.6 Å². The molecule has 0 bridgehead atoms. The fourth-order valence-corrected chi connectivity index (χ4v) is 2.92. The van der Waals surface area contributed by atoms with E-state index in [1.165, 1.54) is 6.08 Å². The molecule has 0 amide bonds. The van der Waals surface area contributed by atoms with Crippen LogP contribution >= 0.6 is 7.34 Å². The lowest BCUT2D eigenvalue weighted by atomic mass is 10.5. The molecular formula is C10H19N2O2P. The van der Waals surface area contributed by atoms with Gasteiger partial charge in [0.2, 0.25) is 0 Å². The maximum Gasteiger partial charge on any atom is 0.167 e. The van der Waals surface area contributed by atoms with Gasteiger partial charge in [0.1, 0.15) is 5.44 Å². The summed E-state index contributed by atoms with van der Waals surface area (Å²) in [7, 11) is -2.45. The molecule has 0 radical (unpaired) electrons. The topological polar surface area (TPSA) is 56.8 Å². The van der Waals surface area contributed by atoms with Crippen molar-refractivity contribution in [3.05, 3.63) is 23.8 Å². The highest BCUT2D eigenvalue weighted by Gasteiger charge is 2.22. The Bertz CT molecular complexity index is 301. The Balaban J connectivity index is 5.30. The summed E-state index contributed by atoms with van der Waals surface area (Å²) < 4.78 is 11.0. The first-order valence-electron chi connectivity index (χ1n) is 4.67. The van der Waals surface area contributed by atoms with E-state index in [-0.39, 0.29) is 0 Å². The monoisotopic (exact) mass is 230 g/mol. The minimum atomic E-state index is -2.45. The second kappa shape index (κ2) is 6.62. The number of nitrogens with zero attached hydrogens (tertiary/aromatic N) is 1. The summed E-state index contributed by atoms with van der Waals surface area (Å²) >= 11 is 0. The number of hydrogen-bond acceptors (Lipinski definition) is 4. The van der Waals surface area contributed by atoms with Gasteiger partial charge in [-0.1, -0.05) is 6.58 Å². The zero-order valence-electron chi connectivity index (χ0n) is 9.40. The number of aliphatic imine (C=N–C) groups is 1. The molecule has 0 aliphatic carbocycles. The summed E-state index contributed by atoms with van der Waals surface area (Å²) in [5.74, 6) is 0. The summed E-state index contributed by atoms with van der Waals surface area (Å²) in [5.41, 5.74) is 6.59. The van der Waals surface area contributed by atoms with Crippen molar-refractivity contribution in [3.63, 3.8) is 0 Å². The second-order valence-electron chi connectivity index (χ2n) is 2.65. The molecular weight excluding hydrogens is 211 g/mol. The zero-order valence-corrected chi connectivity index (χ0v) is 10.3. The first-order valence-corrected chi connectivity index (χ1v) is 6.48. The van der Waals surface area contributed by atoms with E-state index in [0.29, 0.717) is 24.3 Å². The Kier molecular flexibility index (Phi) is 6.25. The van der Waals surface area contributed by atoms with E-state index in [1.54, 1.807) is 0 Å². The molecule has 2 N–H and O–H groups in total. The van der Waals surface area contributed by atoms with Gasteiger partial charge >= 0.3 is 0 Å². The van der Waals surface area contributed by atoms with Crippen LogP contribution in [-0.4, -0.2) is 26.2 Å². The molecule has 0 saturated carbocycles. The van der Waals surface area contributed by atoms with Crippen molar-refractivity contribution in [2.75, 3.05) is 13.2 Å². The Hall–Kier alpha value is -0.830. The molecule has 5 heteroatoms. The Morgan fingerprint density at radius 1 is 1.40 bits per heavy atom. The average Bonchev–Trinajstić information content (AvgIpc) is 2.19. The van der Waals surface area contributed by atoms with Gasteiger partial charge in [-0.15, -0.1) is 0 Å². The molecule has 0 heterocycles. The number of rotatable bonds is 7. The van der Waals surface area contributed by atoms with Gasteiger partial charge in [0.15, 0.2) is 7.34 Å². The van der Waals surface area contributed by atoms with E-state index >= 15 is 0 Å². The first kappa shape index (κ1) is 14.2. The molecule has 86 valence electrons. The molecule has 0 aromatic rings. The molecule has 0 aromatic heterocycles. The SMILES string of the molecule is C=C/C(N)=C(\N=C)P(=C)(OCC)OCC. The van der Waals surface area contributed by atoms with Gasteiger partial charge < -0.3 is 14.8 Å². The molecule has 0 atom stereocenters. The summed E-state index contributed by atoms with van der Waals surface area (Å²) in [5, 5.41) is 0. The highest BCUT2D eigenvalue weighted by Crippen LogP contribution is 2.56. The maximum absolute atomic E-state index is 5.73. The lowest BCUT2D eigenvalue weighted by molar-refractivity contribution is 0.270. The molecule has 0 fully saturated rings. The van der Waals surface area contributed by atoms with E-state index in [1.807, 2.05) is 13.8 Å². The summed E-state index contributed by atoms with van der Waals surface area (Å²) in [6, 6.07) is 0. The molecule has 4 nitrogen and oxygen atoms in total. The van der Waals surface area contributed by atoms with Crippen molar-refractivity contribution in [1.82, 2.24) is 0 Å². The van der Waals surface area contributed by atoms with Crippen LogP contribution < -0.4 is 5.73 Å². The van der Waals surface area contributed by atoms with Gasteiger partial charge in [-0.3, -0.25) is 4.99 Å². The van der Waals surface area contributed by atoms with E-state index < -0.39 is 7.34 Å². The van der Waals surface area contributed by atoms with Crippen molar-refractivity contribution in [2.24, 2.45) is 10.7 Å². The van der Waals surface area contributed by atoms with Gasteiger partial charge in [-0.25, -0.2) is 0 Å². The molecule has 0 rings (SSSR count). The molecule has 0 aliphatic heterocycles. The van der Waals surface area contributed by atoms with E-state index in [9.17, 15) is 0 Å². The van der Waals surface area contributed by atoms with Gasteiger partial charge in [-0.2, -0.15) is 0 Å². The Morgan fingerprint density at radius 3 is 2.13 bits per heavy atom. The maximum atomic E-state index is 5.73. The zero-order chi connectivity index (χ0) is 11.9. The standard InChI is InChI=1S/C10H19N2O2P/c1-6-9(11)10(12-4)15(5,13-7-2)14-8-3/h6H,1,4-5,7-8,11H2,2-3H3/b10-9-. The molecule has 0 aliphatic rings. The third-order valence-corrected chi connectivity index (χ3v) is 4.02. The summed E-state index contributed by atoms with van der Waals surface area (Å²) in [4.78, 5) is 3.84. The summed E-state index contributed by atoms with van der Waals surface area (Å²) in [6.07, 6.45) is 5.42. The fourth-order valence-electron chi connectivity index (χ4n) is 1.06. The highest BCUT2D eigenvalue weighted by atomic mass is 31.2. The quantitative estimate of drug-likeness (QED) is 0.415. The predicted molar refractivity (Wildman–Crippen MR) is 68.3 cm³/mol. The van der Waals surface area contributed by atoms with Crippen LogP contribution in [0.1, 0.15) is 13.8 Å². The normalized spacial score (nSPS) is 13.2. The third-order valence-electron chi connectivity index (χ3n) is 1.63. The minimum Gasteiger partial charge on any atom is -0.397 e. The van der Waals surface area contributed by atoms with Crippen LogP contribution in [0, 0.1) is 0 Å². The van der Waals surface area contributed by atoms with Gasteiger partial charge in [-0.05, 0) is 32.9 Å². The first-order chi connectivity index (χ1) is 7.05. The minimum absolute atomic E-state index is 0.398. The Morgan fingerprint density at radius 2 is 1.87 bits per heavy atom. The second-order valence-corrected chi connectivity index (χ2v) is 4.94. The van der Waals surface area contributed by atoms with Crippen LogP contribution in [0.5, 0.6) is 0 Å². The van der Waals surface area contributed by atoms with Gasteiger partial charge in [0.25, 0.3) is 0 Å². The summed E-state index contributed by atoms with van der Waals surface area (Å²) in [6.45, 7) is 11.7. The van der Waals surface area contributed by atoms with Gasteiger partial charge in [0.05, 0.1) is 18.9 Å². The van der Waals surface area contributed by atoms with Crippen LogP contribution in [0.2, 0.25) is 0 Å². The lowest BCUT2D eigenvalue weighted by Crippen LogP contribution is -2.04. The molecule has 0 aromatic carbocycles. The highest BCUT2D eigenvalue weighted by molar-refractivity contribution is 7.68. The van der Waals surface area contributed by atoms with Gasteiger partial charge in [0, 0.05) is 0 Å². The van der Waals surface area contributed by atoms with Crippen molar-refractivity contribution < 1.29 is 9.05 Å². The average molecular weight is 230 g/mol. The van der Waals surface area contributed by atoms with Crippen molar-refractivity contribution >= 4 is 20.4 Å². The van der Waals surface area contributed by atoms with Crippen LogP contribution in [0.25, 0.3) is 0 Å². The van der Waals surface area contributed by atoms with E-state index in [0.717, 1.165) is 0 Å². The molecule has 0 spiro atoms. The van der Waals surface area contributed by atoms with Crippen molar-refractivity contribution in [1.29, 1.82) is 0 Å². The largest absolute Gasteiger partial charge is 0.397 e. The van der Waals surface area contributed by atoms with E-state index in [4.69, 9.17) is 14.8 Å². The fraction of sp³-hybridized carbons (Fsp3) is 0.400. The van der Waals surface area contributed by atoms with Crippen LogP contribution in [0.3, 0.4) is 0 Å². The Labute approximate surface area is 91.6 Å². The lowest BCUT2D eigenvalue weighted by Gasteiger charge is -2.24. The third kappa shape index (κ3) is 3.67. The molecule has 15 heavy (non-hydrogen) atoms. The van der Waals surface area contributed by atoms with Crippen LogP contribution in [0.15, 0.2) is 28.8 Å². The smallest absolute Gasteiger partial charge is 0.167 e. The van der Waals surface area contributed by atoms with Crippen LogP contribution in [0.4, 0.5) is 0 Å². The van der Waals surface area contributed by atoms with Crippen molar-refractivity contribution in [2.45, 2.75) is 13.8 Å². The molecule has 0 unspecified atom stereocenters. The molecule has 0 saturated heterocycles. The predicted octanol–water partition coefficient (Wildman–Crippen LogP) is 2.35.